The van der Waals surface area contributed by atoms with Crippen molar-refractivity contribution in [2.45, 2.75) is 0 Å². The van der Waals surface area contributed by atoms with Crippen LogP contribution in [-0.4, -0.2) is 17.3 Å². The van der Waals surface area contributed by atoms with Crippen LogP contribution in [0.15, 0.2) is 0 Å². The lowest BCUT2D eigenvalue weighted by molar-refractivity contribution is 0.249. The maximum atomic E-state index is 10.0. The predicted molar refractivity (Wildman–Crippen MR) is 27.0 cm³/mol. The van der Waals surface area contributed by atoms with Crippen LogP contribution < -0.4 is 0 Å². The van der Waals surface area contributed by atoms with Crippen LogP contribution in [0.1, 0.15) is 0 Å². The van der Waals surface area contributed by atoms with Gasteiger partial charge in [-0.1, -0.05) is 0 Å². The van der Waals surface area contributed by atoms with E-state index in [2.05, 4.69) is 20.3 Å². The molecule has 0 saturated carbocycles. The molecule has 0 amide bonds. The normalized spacial score (nSPS) is 14.0. The molecule has 0 saturated heterocycles. The Labute approximate surface area is 49.4 Å². The van der Waals surface area contributed by atoms with Crippen molar-refractivity contribution < 1.29 is 12.7 Å². The van der Waals surface area contributed by atoms with Gasteiger partial charge in [0.25, 0.3) is 0 Å². The highest BCUT2D eigenvalue weighted by molar-refractivity contribution is 7.80. The van der Waals surface area contributed by atoms with Crippen LogP contribution >= 0.6 is 11.9 Å². The molecule has 5 heteroatoms. The minimum absolute atomic E-state index is 0.0174. The first-order valence-electron chi connectivity index (χ1n) is 1.47. The summed E-state index contributed by atoms with van der Waals surface area (Å²) in [6, 6.07) is 0. The summed E-state index contributed by atoms with van der Waals surface area (Å²) in [5.41, 5.74) is 0. The van der Waals surface area contributed by atoms with E-state index >= 15 is 0 Å². The van der Waals surface area contributed by atoms with Crippen molar-refractivity contribution >= 4 is 22.9 Å². The van der Waals surface area contributed by atoms with Crippen LogP contribution in [0.2, 0.25) is 0 Å². The molecule has 44 valence electrons. The second-order valence-electron chi connectivity index (χ2n) is 0.773. The van der Waals surface area contributed by atoms with E-state index in [1.54, 1.807) is 0 Å². The zero-order valence-corrected chi connectivity index (χ0v) is 5.29. The zero-order valence-electron chi connectivity index (χ0n) is 3.72. The van der Waals surface area contributed by atoms with Crippen molar-refractivity contribution in [2.75, 3.05) is 13.0 Å². The maximum absolute atomic E-state index is 10.0. The third-order valence-electron chi connectivity index (χ3n) is 0.284. The summed E-state index contributed by atoms with van der Waals surface area (Å²) < 4.78 is 18.2. The topological polar surface area (TPSA) is 35.5 Å². The predicted octanol–water partition coefficient (Wildman–Crippen LogP) is 0.424. The highest BCUT2D eigenvalue weighted by Crippen LogP contribution is 1.87. The number of methoxy groups -OCH3 is 1. The van der Waals surface area contributed by atoms with Gasteiger partial charge >= 0.3 is 0 Å². The molecule has 0 aromatic heterocycles. The summed E-state index contributed by atoms with van der Waals surface area (Å²) in [6.45, 7) is 0. The minimum Gasteiger partial charge on any atom is -0.369 e. The third kappa shape index (κ3) is 4.21. The standard InChI is InChI=1S/C2H5ClO3S/c1-5-2-7(4)6-3/h2H2,1H3. The fraction of sp³-hybridized carbons (Fsp3) is 1.00. The van der Waals surface area contributed by atoms with Crippen LogP contribution in [0.3, 0.4) is 0 Å². The lowest BCUT2D eigenvalue weighted by atomic mass is 11.5. The SMILES string of the molecule is COCS(=O)OCl. The van der Waals surface area contributed by atoms with E-state index in [4.69, 9.17) is 0 Å². The first kappa shape index (κ1) is 7.36. The molecule has 3 nitrogen and oxygen atoms in total. The first-order valence-corrected chi connectivity index (χ1v) is 3.03. The Balaban J connectivity index is 3.00. The van der Waals surface area contributed by atoms with Crippen molar-refractivity contribution in [1.29, 1.82) is 0 Å². The molecular formula is C2H5ClO3S. The van der Waals surface area contributed by atoms with Crippen LogP contribution in [0, 0.1) is 0 Å². The van der Waals surface area contributed by atoms with E-state index < -0.39 is 11.1 Å². The monoisotopic (exact) mass is 144 g/mol. The molecule has 0 aliphatic rings. The lowest BCUT2D eigenvalue weighted by Gasteiger charge is -1.89. The molecule has 0 spiro atoms. The van der Waals surface area contributed by atoms with Crippen molar-refractivity contribution in [3.63, 3.8) is 0 Å². The summed E-state index contributed by atoms with van der Waals surface area (Å²) in [5, 5.41) is 0. The van der Waals surface area contributed by atoms with E-state index in [-0.39, 0.29) is 5.94 Å². The van der Waals surface area contributed by atoms with Crippen molar-refractivity contribution in [1.82, 2.24) is 0 Å². The summed E-state index contributed by atoms with van der Waals surface area (Å²) in [5.74, 6) is 0.0174. The second kappa shape index (κ2) is 4.52. The van der Waals surface area contributed by atoms with Gasteiger partial charge in [0.05, 0.1) is 11.9 Å². The Morgan fingerprint density at radius 1 is 1.86 bits per heavy atom. The fourth-order valence-corrected chi connectivity index (χ4v) is 0.452. The Morgan fingerprint density at radius 3 is 2.57 bits per heavy atom. The minimum atomic E-state index is -1.48. The highest BCUT2D eigenvalue weighted by atomic mass is 35.5. The average Bonchev–Trinajstić information content (AvgIpc) is 1.68. The zero-order chi connectivity index (χ0) is 5.70. The maximum Gasteiger partial charge on any atom is 0.199 e. The number of rotatable bonds is 3. The van der Waals surface area contributed by atoms with Gasteiger partial charge in [0.1, 0.15) is 5.94 Å². The summed E-state index contributed by atoms with van der Waals surface area (Å²) >= 11 is 3.17. The molecule has 0 bridgehead atoms. The fourth-order valence-electron chi connectivity index (χ4n) is 0.114. The Morgan fingerprint density at radius 2 is 2.43 bits per heavy atom. The van der Waals surface area contributed by atoms with E-state index in [1.165, 1.54) is 7.11 Å². The molecule has 0 aliphatic carbocycles. The largest absolute Gasteiger partial charge is 0.369 e. The molecular weight excluding hydrogens is 140 g/mol. The van der Waals surface area contributed by atoms with Gasteiger partial charge in [0.15, 0.2) is 11.1 Å². The van der Waals surface area contributed by atoms with E-state index in [0.717, 1.165) is 0 Å². The highest BCUT2D eigenvalue weighted by Gasteiger charge is 1.92. The van der Waals surface area contributed by atoms with Gasteiger partial charge in [-0.3, -0.25) is 0 Å². The van der Waals surface area contributed by atoms with Crippen molar-refractivity contribution in [3.8, 4) is 0 Å². The summed E-state index contributed by atoms with van der Waals surface area (Å²) in [6.07, 6.45) is 0. The smallest absolute Gasteiger partial charge is 0.199 e. The molecule has 0 rings (SSSR count). The quantitative estimate of drug-likeness (QED) is 0.576. The van der Waals surface area contributed by atoms with Gasteiger partial charge in [0, 0.05) is 7.11 Å². The Hall–Kier alpha value is 0.360. The molecule has 0 aliphatic heterocycles. The van der Waals surface area contributed by atoms with Crippen LogP contribution in [0.5, 0.6) is 0 Å². The van der Waals surface area contributed by atoms with Gasteiger partial charge in [-0.15, -0.1) is 0 Å². The number of halogens is 1. The second-order valence-corrected chi connectivity index (χ2v) is 2.12. The first-order chi connectivity index (χ1) is 3.31. The van der Waals surface area contributed by atoms with E-state index in [0.29, 0.717) is 0 Å². The van der Waals surface area contributed by atoms with Crippen molar-refractivity contribution in [2.24, 2.45) is 0 Å². The van der Waals surface area contributed by atoms with Gasteiger partial charge in [-0.05, 0) is 0 Å². The molecule has 0 N–H and O–H groups in total. The van der Waals surface area contributed by atoms with Crippen LogP contribution in [0.4, 0.5) is 0 Å². The van der Waals surface area contributed by atoms with Gasteiger partial charge < -0.3 is 4.74 Å². The van der Waals surface area contributed by atoms with E-state index in [9.17, 15) is 4.21 Å². The molecule has 1 atom stereocenters. The summed E-state index contributed by atoms with van der Waals surface area (Å²) in [4.78, 5) is 0. The number of ether oxygens (including phenoxy) is 1. The molecule has 0 aromatic rings. The number of hydrogen-bond donors (Lipinski definition) is 0. The van der Waals surface area contributed by atoms with E-state index in [1.807, 2.05) is 0 Å². The van der Waals surface area contributed by atoms with Crippen LogP contribution in [0.25, 0.3) is 0 Å². The molecule has 0 radical (unpaired) electrons. The molecule has 1 unspecified atom stereocenters. The van der Waals surface area contributed by atoms with Gasteiger partial charge in [-0.2, -0.15) is 3.74 Å². The third-order valence-corrected chi connectivity index (χ3v) is 1.27. The Kier molecular flexibility index (Phi) is 4.75. The molecule has 0 heterocycles. The van der Waals surface area contributed by atoms with Gasteiger partial charge in [0.2, 0.25) is 0 Å². The van der Waals surface area contributed by atoms with Crippen LogP contribution in [-0.2, 0) is 19.6 Å². The summed E-state index contributed by atoms with van der Waals surface area (Å²) in [7, 11) is 1.41. The van der Waals surface area contributed by atoms with Crippen molar-refractivity contribution in [3.05, 3.63) is 0 Å². The Bertz CT molecular complexity index is 66.0. The molecule has 7 heavy (non-hydrogen) atoms. The average molecular weight is 145 g/mol. The van der Waals surface area contributed by atoms with Gasteiger partial charge in [-0.25, -0.2) is 4.21 Å². The molecule has 0 fully saturated rings. The molecule has 0 aromatic carbocycles. The lowest BCUT2D eigenvalue weighted by Crippen LogP contribution is -1.96. The number of hydrogen-bond acceptors (Lipinski definition) is 3.